The molecule has 8 heavy (non-hydrogen) atoms. The third-order valence-electron chi connectivity index (χ3n) is 0.446. The molecule has 0 aliphatic carbocycles. The van der Waals surface area contributed by atoms with Gasteiger partial charge in [0.05, 0.1) is 0 Å². The predicted molar refractivity (Wildman–Crippen MR) is 38.1 cm³/mol. The van der Waals surface area contributed by atoms with Gasteiger partial charge in [-0.05, 0) is 0 Å². The van der Waals surface area contributed by atoms with Crippen LogP contribution in [0.5, 0.6) is 0 Å². The first-order valence-electron chi connectivity index (χ1n) is 2.04. The monoisotopic (exact) mass is 148 g/mol. The molecule has 0 unspecified atom stereocenters. The zero-order valence-electron chi connectivity index (χ0n) is 4.29. The molecule has 0 bridgehead atoms. The fourth-order valence-electron chi connectivity index (χ4n) is 0.186. The molecule has 0 N–H and O–H groups in total. The summed E-state index contributed by atoms with van der Waals surface area (Å²) in [6, 6.07) is 0. The molecule has 0 spiro atoms. The molecule has 0 aromatic heterocycles. The van der Waals surface area contributed by atoms with Crippen LogP contribution in [0.15, 0.2) is 0 Å². The second-order valence-corrected chi connectivity index (χ2v) is 3.11. The van der Waals surface area contributed by atoms with E-state index in [-0.39, 0.29) is 0 Å². The van der Waals surface area contributed by atoms with Gasteiger partial charge in [-0.15, -0.1) is 0 Å². The fourth-order valence-corrected chi connectivity index (χ4v) is 0.712. The van der Waals surface area contributed by atoms with Crippen molar-refractivity contribution in [1.82, 2.24) is 0 Å². The molecule has 0 heterocycles. The van der Waals surface area contributed by atoms with Crippen LogP contribution in [0.1, 0.15) is 6.42 Å². The van der Waals surface area contributed by atoms with Crippen molar-refractivity contribution in [2.24, 2.45) is 0 Å². The summed E-state index contributed by atoms with van der Waals surface area (Å²) in [6.07, 6.45) is 1.20. The van der Waals surface area contributed by atoms with Crippen molar-refractivity contribution in [2.75, 3.05) is 6.61 Å². The summed E-state index contributed by atoms with van der Waals surface area (Å²) in [5.74, 6) is 0. The van der Waals surface area contributed by atoms with Gasteiger partial charge in [-0.3, -0.25) is 0 Å². The summed E-state index contributed by atoms with van der Waals surface area (Å²) in [5.41, 5.74) is 0. The zero-order valence-corrected chi connectivity index (χ0v) is 6.11. The molecule has 0 aromatic carbocycles. The van der Waals surface area contributed by atoms with Crippen LogP contribution in [0.2, 0.25) is 0 Å². The molecule has 45 valence electrons. The predicted octanol–water partition coefficient (Wildman–Crippen LogP) is 0.267. The van der Waals surface area contributed by atoms with Crippen molar-refractivity contribution in [3.05, 3.63) is 0 Å². The number of aldehydes is 1. The molecule has 0 aliphatic rings. The van der Waals surface area contributed by atoms with Gasteiger partial charge in [-0.2, -0.15) is 0 Å². The van der Waals surface area contributed by atoms with E-state index in [4.69, 9.17) is 10.9 Å². The van der Waals surface area contributed by atoms with E-state index in [2.05, 4.69) is 8.02 Å². The summed E-state index contributed by atoms with van der Waals surface area (Å²) in [6.45, 7) is 5.53. The van der Waals surface area contributed by atoms with E-state index in [9.17, 15) is 4.79 Å². The summed E-state index contributed by atoms with van der Waals surface area (Å²) >= 11 is 0. The summed E-state index contributed by atoms with van der Waals surface area (Å²) in [5, 5.41) is 0. The van der Waals surface area contributed by atoms with Crippen LogP contribution in [-0.2, 0) is 18.8 Å². The fraction of sp³-hybridized carbons (Fsp3) is 0.667. The van der Waals surface area contributed by atoms with Crippen molar-refractivity contribution in [2.45, 2.75) is 6.42 Å². The first-order valence-corrected chi connectivity index (χ1v) is 4.48. The number of hydrogen-bond acceptors (Lipinski definition) is 3. The zero-order chi connectivity index (χ0) is 6.41. The summed E-state index contributed by atoms with van der Waals surface area (Å²) < 4.78 is 4.77. The van der Waals surface area contributed by atoms with E-state index < -0.39 is 9.78 Å². The molecule has 2 nitrogen and oxygen atoms in total. The molecule has 0 saturated carbocycles. The van der Waals surface area contributed by atoms with Gasteiger partial charge in [-0.25, -0.2) is 0 Å². The summed E-state index contributed by atoms with van der Waals surface area (Å²) in [4.78, 5) is 9.65. The molecular formula is C3H6BO2PS-. The van der Waals surface area contributed by atoms with Crippen LogP contribution in [-0.4, -0.2) is 19.6 Å². The van der Waals surface area contributed by atoms with Gasteiger partial charge in [-0.1, -0.05) is 0 Å². The Morgan fingerprint density at radius 2 is 2.50 bits per heavy atom. The number of hydrogen-bond donors (Lipinski definition) is 0. The van der Waals surface area contributed by atoms with E-state index in [1.165, 1.54) is 0 Å². The molecule has 0 aromatic rings. The third-order valence-corrected chi connectivity index (χ3v) is 1.22. The number of carbonyl (C=O) groups is 1. The van der Waals surface area contributed by atoms with Gasteiger partial charge < -0.3 is 0 Å². The van der Waals surface area contributed by atoms with E-state index >= 15 is 0 Å². The van der Waals surface area contributed by atoms with Gasteiger partial charge in [0.1, 0.15) is 0 Å². The maximum atomic E-state index is 9.65. The molecule has 0 fully saturated rings. The standard InChI is InChI=1S/C3H6BO2PS/c4-8(7)6-3-1-2-5/h2,7H,1,3H2/q-1. The molecule has 1 radical (unpaired) electrons. The minimum atomic E-state index is -0.670. The van der Waals surface area contributed by atoms with E-state index in [0.29, 0.717) is 13.0 Å². The van der Waals surface area contributed by atoms with Crippen LogP contribution in [0.3, 0.4) is 0 Å². The SMILES string of the molecule is [B]=[S-](=P)OCCC=O. The van der Waals surface area contributed by atoms with Gasteiger partial charge in [0, 0.05) is 0 Å². The average Bonchev–Trinajstić information content (AvgIpc) is 1.66. The van der Waals surface area contributed by atoms with Crippen LogP contribution in [0.4, 0.5) is 0 Å². The van der Waals surface area contributed by atoms with E-state index in [0.717, 1.165) is 6.29 Å². The molecule has 0 rings (SSSR count). The molecule has 0 saturated heterocycles. The Labute approximate surface area is 53.5 Å². The Balaban J connectivity index is 3.05. The number of rotatable bonds is 4. The first kappa shape index (κ1) is 8.34. The van der Waals surface area contributed by atoms with E-state index in [1.807, 2.05) is 0 Å². The first-order chi connectivity index (χ1) is 3.77. The van der Waals surface area contributed by atoms with Crippen LogP contribution < -0.4 is 0 Å². The van der Waals surface area contributed by atoms with Gasteiger partial charge in [0.2, 0.25) is 0 Å². The molecule has 0 aliphatic heterocycles. The third kappa shape index (κ3) is 6.34. The van der Waals surface area contributed by atoms with E-state index in [1.54, 1.807) is 0 Å². The molecule has 0 amide bonds. The van der Waals surface area contributed by atoms with Crippen LogP contribution in [0, 0.1) is 0 Å². The second kappa shape index (κ2) is 5.48. The second-order valence-electron chi connectivity index (χ2n) is 1.07. The Morgan fingerprint density at radius 1 is 1.88 bits per heavy atom. The van der Waals surface area contributed by atoms with Crippen molar-refractivity contribution in [3.63, 3.8) is 0 Å². The van der Waals surface area contributed by atoms with Gasteiger partial charge in [0.15, 0.2) is 0 Å². The average molecular weight is 148 g/mol. The van der Waals surface area contributed by atoms with Crippen molar-refractivity contribution in [1.29, 1.82) is 0 Å². The van der Waals surface area contributed by atoms with Crippen LogP contribution >= 0.6 is 8.02 Å². The minimum absolute atomic E-state index is 0.395. The number of carbonyl (C=O) groups excluding carboxylic acids is 1. The van der Waals surface area contributed by atoms with Crippen molar-refractivity contribution < 1.29 is 8.98 Å². The van der Waals surface area contributed by atoms with Gasteiger partial charge in [0.25, 0.3) is 0 Å². The Morgan fingerprint density at radius 3 is 2.88 bits per heavy atom. The topological polar surface area (TPSA) is 26.3 Å². The molecule has 5 heteroatoms. The Hall–Kier alpha value is 0.345. The molecular weight excluding hydrogens is 142 g/mol. The quantitative estimate of drug-likeness (QED) is 0.188. The van der Waals surface area contributed by atoms with Crippen molar-refractivity contribution >= 4 is 30.8 Å². The Bertz CT molecular complexity index is 125. The molecule has 0 atom stereocenters. The van der Waals surface area contributed by atoms with Crippen LogP contribution in [0.25, 0.3) is 0 Å². The Kier molecular flexibility index (Phi) is 5.72. The summed E-state index contributed by atoms with van der Waals surface area (Å²) in [7, 11) is 2.35. The van der Waals surface area contributed by atoms with Gasteiger partial charge >= 0.3 is 52.8 Å². The normalized spacial score (nSPS) is 9.50. The van der Waals surface area contributed by atoms with Crippen molar-refractivity contribution in [3.8, 4) is 0 Å². The maximum absolute atomic E-state index is 9.65.